The highest BCUT2D eigenvalue weighted by Crippen LogP contribution is 2.37. The topological polar surface area (TPSA) is 127 Å². The fraction of sp³-hybridized carbons (Fsp3) is 0.227. The van der Waals surface area contributed by atoms with Crippen LogP contribution in [0.3, 0.4) is 0 Å². The van der Waals surface area contributed by atoms with Crippen molar-refractivity contribution in [3.8, 4) is 11.5 Å². The minimum atomic E-state index is -0.726. The van der Waals surface area contributed by atoms with E-state index in [0.29, 0.717) is 23.3 Å². The third-order valence-electron chi connectivity index (χ3n) is 4.55. The molecule has 10 nitrogen and oxygen atoms in total. The summed E-state index contributed by atoms with van der Waals surface area (Å²) < 4.78 is 20.7. The lowest BCUT2D eigenvalue weighted by Gasteiger charge is -2.13. The number of aliphatic imine (C=N–C) groups is 1. The van der Waals surface area contributed by atoms with Crippen molar-refractivity contribution in [3.63, 3.8) is 0 Å². The monoisotopic (exact) mass is 474 g/mol. The zero-order chi connectivity index (χ0) is 24.1. The number of hydrogen-bond acceptors (Lipinski definition) is 9. The smallest absolute Gasteiger partial charge is 0.363 e. The van der Waals surface area contributed by atoms with E-state index < -0.39 is 16.9 Å². The van der Waals surface area contributed by atoms with Crippen LogP contribution in [0, 0.1) is 17.0 Å². The van der Waals surface area contributed by atoms with Crippen LogP contribution in [0.4, 0.5) is 5.69 Å². The highest BCUT2D eigenvalue weighted by atomic mass is 35.5. The molecule has 3 rings (SSSR count). The summed E-state index contributed by atoms with van der Waals surface area (Å²) in [7, 11) is 1.23. The Hall–Kier alpha value is -3.92. The minimum absolute atomic E-state index is 0.0300. The molecule has 0 atom stereocenters. The van der Waals surface area contributed by atoms with Crippen LogP contribution in [0.2, 0.25) is 5.02 Å². The van der Waals surface area contributed by atoms with Gasteiger partial charge in [-0.05, 0) is 43.7 Å². The SMILES string of the molecule is CCOc1cc(/C=C2\N=C(c3cccc([N+](=O)[O-])c3C)OC2=O)cc(Cl)c1OCC(=O)OC. The first-order valence-corrected chi connectivity index (χ1v) is 10.1. The molecule has 2 aromatic rings. The average molecular weight is 475 g/mol. The van der Waals surface area contributed by atoms with E-state index in [1.807, 2.05) is 0 Å². The van der Waals surface area contributed by atoms with Gasteiger partial charge in [-0.1, -0.05) is 17.7 Å². The van der Waals surface area contributed by atoms with Crippen LogP contribution in [0.1, 0.15) is 23.6 Å². The van der Waals surface area contributed by atoms with Gasteiger partial charge in [0.1, 0.15) is 0 Å². The number of methoxy groups -OCH3 is 1. The number of nitro benzene ring substituents is 1. The Morgan fingerprint density at radius 3 is 2.73 bits per heavy atom. The van der Waals surface area contributed by atoms with E-state index in [1.54, 1.807) is 26.0 Å². The summed E-state index contributed by atoms with van der Waals surface area (Å²) in [6.07, 6.45) is 1.43. The molecular formula is C22H19ClN2O8. The van der Waals surface area contributed by atoms with Crippen molar-refractivity contribution >= 4 is 41.2 Å². The summed E-state index contributed by atoms with van der Waals surface area (Å²) in [6, 6.07) is 7.49. The molecule has 0 amide bonds. The van der Waals surface area contributed by atoms with Gasteiger partial charge >= 0.3 is 11.9 Å². The zero-order valence-corrected chi connectivity index (χ0v) is 18.7. The van der Waals surface area contributed by atoms with Gasteiger partial charge in [0.2, 0.25) is 5.90 Å². The van der Waals surface area contributed by atoms with Crippen molar-refractivity contribution in [1.82, 2.24) is 0 Å². The summed E-state index contributed by atoms with van der Waals surface area (Å²) in [5, 5.41) is 11.3. The fourth-order valence-electron chi connectivity index (χ4n) is 3.00. The van der Waals surface area contributed by atoms with E-state index in [4.69, 9.17) is 25.8 Å². The second-order valence-electron chi connectivity index (χ2n) is 6.67. The summed E-state index contributed by atoms with van der Waals surface area (Å²) in [5.74, 6) is -0.952. The third-order valence-corrected chi connectivity index (χ3v) is 4.83. The Bertz CT molecular complexity index is 1190. The molecule has 0 fully saturated rings. The standard InChI is InChI=1S/C22H19ClN2O8/c1-4-31-18-10-13(8-15(23)20(18)32-11-19(26)30-3)9-16-22(27)33-21(24-16)14-6-5-7-17(12(14)2)25(28)29/h5-10H,4,11H2,1-3H3/b16-9-. The van der Waals surface area contributed by atoms with Gasteiger partial charge in [-0.25, -0.2) is 14.6 Å². The van der Waals surface area contributed by atoms with E-state index in [0.717, 1.165) is 0 Å². The summed E-state index contributed by atoms with van der Waals surface area (Å²) in [6.45, 7) is 3.24. The molecule has 11 heteroatoms. The van der Waals surface area contributed by atoms with Gasteiger partial charge in [0.25, 0.3) is 5.69 Å². The number of nitrogens with zero attached hydrogens (tertiary/aromatic N) is 2. The number of carbonyl (C=O) groups excluding carboxylic acids is 2. The Labute approximate surface area is 193 Å². The highest BCUT2D eigenvalue weighted by molar-refractivity contribution is 6.32. The van der Waals surface area contributed by atoms with Crippen molar-refractivity contribution in [2.24, 2.45) is 4.99 Å². The number of hydrogen-bond donors (Lipinski definition) is 0. The second-order valence-corrected chi connectivity index (χ2v) is 7.08. The lowest BCUT2D eigenvalue weighted by atomic mass is 10.1. The molecule has 0 saturated heterocycles. The third kappa shape index (κ3) is 5.29. The van der Waals surface area contributed by atoms with Gasteiger partial charge in [-0.15, -0.1) is 0 Å². The summed E-state index contributed by atoms with van der Waals surface area (Å²) >= 11 is 6.31. The summed E-state index contributed by atoms with van der Waals surface area (Å²) in [5.41, 5.74) is 0.975. The molecular weight excluding hydrogens is 456 g/mol. The second kappa shape index (κ2) is 10.1. The van der Waals surface area contributed by atoms with Crippen LogP contribution in [-0.4, -0.2) is 43.1 Å². The number of ether oxygens (including phenoxy) is 4. The minimum Gasteiger partial charge on any atom is -0.490 e. The molecule has 1 aliphatic rings. The predicted molar refractivity (Wildman–Crippen MR) is 119 cm³/mol. The van der Waals surface area contributed by atoms with E-state index in [2.05, 4.69) is 9.73 Å². The van der Waals surface area contributed by atoms with Gasteiger partial charge < -0.3 is 18.9 Å². The normalized spacial score (nSPS) is 14.0. The maximum atomic E-state index is 12.4. The van der Waals surface area contributed by atoms with Crippen LogP contribution in [0.25, 0.3) is 6.08 Å². The lowest BCUT2D eigenvalue weighted by Crippen LogP contribution is -2.13. The van der Waals surface area contributed by atoms with Crippen LogP contribution < -0.4 is 9.47 Å². The van der Waals surface area contributed by atoms with Crippen molar-refractivity contribution in [3.05, 3.63) is 67.9 Å². The molecule has 172 valence electrons. The van der Waals surface area contributed by atoms with Gasteiger partial charge in [0.15, 0.2) is 23.8 Å². The molecule has 0 radical (unpaired) electrons. The molecule has 2 aromatic carbocycles. The maximum Gasteiger partial charge on any atom is 0.363 e. The number of esters is 2. The number of rotatable bonds is 8. The predicted octanol–water partition coefficient (Wildman–Crippen LogP) is 3.85. The molecule has 1 heterocycles. The highest BCUT2D eigenvalue weighted by Gasteiger charge is 2.27. The average Bonchev–Trinajstić information content (AvgIpc) is 3.12. The zero-order valence-electron chi connectivity index (χ0n) is 17.9. The molecule has 0 N–H and O–H groups in total. The largest absolute Gasteiger partial charge is 0.490 e. The van der Waals surface area contributed by atoms with Crippen molar-refractivity contribution < 1.29 is 33.5 Å². The molecule has 33 heavy (non-hydrogen) atoms. The Morgan fingerprint density at radius 1 is 1.30 bits per heavy atom. The molecule has 1 aliphatic heterocycles. The first-order valence-electron chi connectivity index (χ1n) is 9.68. The van der Waals surface area contributed by atoms with Gasteiger partial charge in [-0.3, -0.25) is 10.1 Å². The number of nitro groups is 1. The van der Waals surface area contributed by atoms with Crippen LogP contribution in [-0.2, 0) is 19.1 Å². The van der Waals surface area contributed by atoms with Gasteiger partial charge in [0.05, 0.1) is 23.7 Å². The van der Waals surface area contributed by atoms with Crippen LogP contribution >= 0.6 is 11.6 Å². The summed E-state index contributed by atoms with van der Waals surface area (Å²) in [4.78, 5) is 38.6. The number of benzene rings is 2. The van der Waals surface area contributed by atoms with Crippen molar-refractivity contribution in [2.75, 3.05) is 20.3 Å². The van der Waals surface area contributed by atoms with E-state index in [-0.39, 0.29) is 40.4 Å². The van der Waals surface area contributed by atoms with Crippen molar-refractivity contribution in [2.45, 2.75) is 13.8 Å². The molecule has 0 bridgehead atoms. The van der Waals surface area contributed by atoms with E-state index >= 15 is 0 Å². The number of halogens is 1. The Morgan fingerprint density at radius 2 is 2.06 bits per heavy atom. The lowest BCUT2D eigenvalue weighted by molar-refractivity contribution is -0.385. The molecule has 0 saturated carbocycles. The molecule has 0 spiro atoms. The molecule has 0 aliphatic carbocycles. The first-order chi connectivity index (χ1) is 15.7. The molecule has 0 aromatic heterocycles. The Balaban J connectivity index is 1.96. The fourth-order valence-corrected chi connectivity index (χ4v) is 3.27. The van der Waals surface area contributed by atoms with Gasteiger partial charge in [-0.2, -0.15) is 0 Å². The number of cyclic esters (lactones) is 1. The number of carbonyl (C=O) groups is 2. The maximum absolute atomic E-state index is 12.4. The van der Waals surface area contributed by atoms with E-state index in [9.17, 15) is 19.7 Å². The molecule has 0 unspecified atom stereocenters. The first kappa shape index (κ1) is 23.7. The van der Waals surface area contributed by atoms with E-state index in [1.165, 1.54) is 31.4 Å². The quantitative estimate of drug-likeness (QED) is 0.244. The van der Waals surface area contributed by atoms with Crippen LogP contribution in [0.5, 0.6) is 11.5 Å². The van der Waals surface area contributed by atoms with Crippen molar-refractivity contribution in [1.29, 1.82) is 0 Å². The van der Waals surface area contributed by atoms with Gasteiger partial charge in [0, 0.05) is 17.2 Å². The van der Waals surface area contributed by atoms with Crippen LogP contribution in [0.15, 0.2) is 41.0 Å². The Kier molecular flexibility index (Phi) is 7.29.